The molecule has 5 nitrogen and oxygen atoms in total. The van der Waals surface area contributed by atoms with Crippen LogP contribution in [0.4, 0.5) is 5.69 Å². The Kier molecular flexibility index (Phi) is 4.73. The van der Waals surface area contributed by atoms with Crippen LogP contribution in [0.25, 0.3) is 0 Å². The van der Waals surface area contributed by atoms with E-state index in [-0.39, 0.29) is 17.9 Å². The van der Waals surface area contributed by atoms with Crippen LogP contribution in [0.1, 0.15) is 31.2 Å². The second kappa shape index (κ2) is 6.92. The molecule has 118 valence electrons. The van der Waals surface area contributed by atoms with E-state index >= 15 is 0 Å². The molecule has 1 atom stereocenters. The Morgan fingerprint density at radius 1 is 1.27 bits per heavy atom. The van der Waals surface area contributed by atoms with Gasteiger partial charge in [0.05, 0.1) is 12.5 Å². The van der Waals surface area contributed by atoms with Crippen LogP contribution in [0, 0.1) is 0 Å². The van der Waals surface area contributed by atoms with Crippen LogP contribution in [0.3, 0.4) is 0 Å². The molecule has 0 aromatic heterocycles. The maximum Gasteiger partial charge on any atom is 0.227 e. The monoisotopic (exact) mass is 302 g/mol. The summed E-state index contributed by atoms with van der Waals surface area (Å²) in [6, 6.07) is 7.69. The van der Waals surface area contributed by atoms with Crippen molar-refractivity contribution >= 4 is 17.5 Å². The third kappa shape index (κ3) is 3.65. The normalized spacial score (nSPS) is 21.4. The number of ether oxygens (including phenoxy) is 1. The highest BCUT2D eigenvalue weighted by Gasteiger charge is 2.21. The van der Waals surface area contributed by atoms with Crippen molar-refractivity contribution in [1.82, 2.24) is 5.32 Å². The largest absolute Gasteiger partial charge is 0.376 e. The Labute approximate surface area is 130 Å². The number of benzene rings is 1. The zero-order chi connectivity index (χ0) is 15.4. The second-order valence-electron chi connectivity index (χ2n) is 5.93. The summed E-state index contributed by atoms with van der Waals surface area (Å²) >= 11 is 0. The lowest BCUT2D eigenvalue weighted by Crippen LogP contribution is -2.32. The van der Waals surface area contributed by atoms with Gasteiger partial charge in [0.2, 0.25) is 11.8 Å². The van der Waals surface area contributed by atoms with E-state index in [4.69, 9.17) is 4.74 Å². The summed E-state index contributed by atoms with van der Waals surface area (Å²) in [7, 11) is 0. The van der Waals surface area contributed by atoms with Crippen LogP contribution in [0.5, 0.6) is 0 Å². The number of anilines is 1. The summed E-state index contributed by atoms with van der Waals surface area (Å²) in [5.74, 6) is 0.197. The van der Waals surface area contributed by atoms with Crippen LogP contribution in [0.2, 0.25) is 0 Å². The lowest BCUT2D eigenvalue weighted by Gasteiger charge is -2.16. The van der Waals surface area contributed by atoms with Crippen molar-refractivity contribution in [2.75, 3.05) is 24.6 Å². The summed E-state index contributed by atoms with van der Waals surface area (Å²) < 4.78 is 5.48. The summed E-state index contributed by atoms with van der Waals surface area (Å²) in [4.78, 5) is 25.4. The van der Waals surface area contributed by atoms with E-state index in [1.54, 1.807) is 4.90 Å². The summed E-state index contributed by atoms with van der Waals surface area (Å²) in [5, 5.41) is 2.92. The van der Waals surface area contributed by atoms with Crippen molar-refractivity contribution in [2.45, 2.75) is 38.2 Å². The number of hydrogen-bond donors (Lipinski definition) is 1. The molecule has 1 aromatic rings. The van der Waals surface area contributed by atoms with Gasteiger partial charge in [-0.3, -0.25) is 9.59 Å². The molecule has 22 heavy (non-hydrogen) atoms. The standard InChI is InChI=1S/C17H22N2O3/c20-16(18-12-15-3-2-10-22-15)11-13-5-7-14(8-6-13)19-9-1-4-17(19)21/h5-8,15H,1-4,9-12H2,(H,18,20)/t15-/m1/s1. The molecule has 2 heterocycles. The van der Waals surface area contributed by atoms with Gasteiger partial charge in [-0.1, -0.05) is 12.1 Å². The second-order valence-corrected chi connectivity index (χ2v) is 5.93. The SMILES string of the molecule is O=C(Cc1ccc(N2CCCC2=O)cc1)NC[C@H]1CCCO1. The molecule has 1 aromatic carbocycles. The van der Waals surface area contributed by atoms with Crippen molar-refractivity contribution in [3.05, 3.63) is 29.8 Å². The lowest BCUT2D eigenvalue weighted by molar-refractivity contribution is -0.121. The van der Waals surface area contributed by atoms with Crippen LogP contribution in [-0.4, -0.2) is 37.6 Å². The van der Waals surface area contributed by atoms with Crippen molar-refractivity contribution in [2.24, 2.45) is 0 Å². The van der Waals surface area contributed by atoms with E-state index in [0.29, 0.717) is 19.4 Å². The van der Waals surface area contributed by atoms with Gasteiger partial charge in [0.1, 0.15) is 0 Å². The number of rotatable bonds is 5. The van der Waals surface area contributed by atoms with Gasteiger partial charge in [0.25, 0.3) is 0 Å². The van der Waals surface area contributed by atoms with E-state index < -0.39 is 0 Å². The fourth-order valence-corrected chi connectivity index (χ4v) is 3.00. The van der Waals surface area contributed by atoms with E-state index in [2.05, 4.69) is 5.32 Å². The summed E-state index contributed by atoms with van der Waals surface area (Å²) in [6.07, 6.45) is 4.20. The zero-order valence-corrected chi connectivity index (χ0v) is 12.7. The Bertz CT molecular complexity index is 535. The molecular formula is C17H22N2O3. The molecule has 0 saturated carbocycles. The molecule has 2 amide bonds. The maximum absolute atomic E-state index is 11.9. The molecule has 2 fully saturated rings. The van der Waals surface area contributed by atoms with Crippen molar-refractivity contribution in [1.29, 1.82) is 0 Å². The Morgan fingerprint density at radius 3 is 2.73 bits per heavy atom. The highest BCUT2D eigenvalue weighted by molar-refractivity contribution is 5.95. The number of carbonyl (C=O) groups excluding carboxylic acids is 2. The van der Waals surface area contributed by atoms with Gasteiger partial charge in [-0.15, -0.1) is 0 Å². The average Bonchev–Trinajstić information content (AvgIpc) is 3.17. The average molecular weight is 302 g/mol. The molecule has 5 heteroatoms. The van der Waals surface area contributed by atoms with Gasteiger partial charge in [-0.2, -0.15) is 0 Å². The van der Waals surface area contributed by atoms with E-state index in [1.165, 1.54) is 0 Å². The molecule has 2 aliphatic rings. The van der Waals surface area contributed by atoms with Crippen molar-refractivity contribution < 1.29 is 14.3 Å². The Balaban J connectivity index is 1.49. The van der Waals surface area contributed by atoms with E-state index in [9.17, 15) is 9.59 Å². The highest BCUT2D eigenvalue weighted by Crippen LogP contribution is 2.21. The summed E-state index contributed by atoms with van der Waals surface area (Å²) in [6.45, 7) is 2.19. The van der Waals surface area contributed by atoms with E-state index in [1.807, 2.05) is 24.3 Å². The van der Waals surface area contributed by atoms with Crippen LogP contribution < -0.4 is 10.2 Å². The van der Waals surface area contributed by atoms with Gasteiger partial charge in [0.15, 0.2) is 0 Å². The first-order valence-electron chi connectivity index (χ1n) is 8.00. The minimum absolute atomic E-state index is 0.0144. The minimum atomic E-state index is 0.0144. The third-order valence-electron chi connectivity index (χ3n) is 4.24. The number of nitrogens with zero attached hydrogens (tertiary/aromatic N) is 1. The van der Waals surface area contributed by atoms with Gasteiger partial charge in [-0.25, -0.2) is 0 Å². The van der Waals surface area contributed by atoms with Crippen LogP contribution >= 0.6 is 0 Å². The van der Waals surface area contributed by atoms with Crippen LogP contribution in [-0.2, 0) is 20.7 Å². The van der Waals surface area contributed by atoms with Crippen molar-refractivity contribution in [3.8, 4) is 0 Å². The molecule has 0 unspecified atom stereocenters. The lowest BCUT2D eigenvalue weighted by atomic mass is 10.1. The molecule has 0 spiro atoms. The number of nitrogens with one attached hydrogen (secondary N) is 1. The quantitative estimate of drug-likeness (QED) is 0.900. The predicted octanol–water partition coefficient (Wildman–Crippen LogP) is 1.65. The first-order chi connectivity index (χ1) is 10.7. The van der Waals surface area contributed by atoms with Gasteiger partial charge < -0.3 is 15.0 Å². The van der Waals surface area contributed by atoms with Crippen LogP contribution in [0.15, 0.2) is 24.3 Å². The maximum atomic E-state index is 11.9. The number of carbonyl (C=O) groups is 2. The first-order valence-corrected chi connectivity index (χ1v) is 8.00. The Morgan fingerprint density at radius 2 is 2.09 bits per heavy atom. The zero-order valence-electron chi connectivity index (χ0n) is 12.7. The smallest absolute Gasteiger partial charge is 0.227 e. The van der Waals surface area contributed by atoms with Gasteiger partial charge in [0, 0.05) is 31.8 Å². The van der Waals surface area contributed by atoms with E-state index in [0.717, 1.165) is 43.7 Å². The molecule has 3 rings (SSSR count). The van der Waals surface area contributed by atoms with Crippen molar-refractivity contribution in [3.63, 3.8) is 0 Å². The fourth-order valence-electron chi connectivity index (χ4n) is 3.00. The molecular weight excluding hydrogens is 280 g/mol. The molecule has 0 bridgehead atoms. The Hall–Kier alpha value is -1.88. The molecule has 0 radical (unpaired) electrons. The first kappa shape index (κ1) is 15.0. The number of amides is 2. The number of hydrogen-bond acceptors (Lipinski definition) is 3. The van der Waals surface area contributed by atoms with Gasteiger partial charge >= 0.3 is 0 Å². The molecule has 1 N–H and O–H groups in total. The minimum Gasteiger partial charge on any atom is -0.376 e. The molecule has 0 aliphatic carbocycles. The third-order valence-corrected chi connectivity index (χ3v) is 4.24. The predicted molar refractivity (Wildman–Crippen MR) is 83.7 cm³/mol. The molecule has 2 aliphatic heterocycles. The summed E-state index contributed by atoms with van der Waals surface area (Å²) in [5.41, 5.74) is 1.88. The van der Waals surface area contributed by atoms with Gasteiger partial charge in [-0.05, 0) is 37.0 Å². The highest BCUT2D eigenvalue weighted by atomic mass is 16.5. The molecule has 2 saturated heterocycles. The topological polar surface area (TPSA) is 58.6 Å². The fraction of sp³-hybridized carbons (Fsp3) is 0.529.